The molecule has 6 heteroatoms. The third-order valence-corrected chi connectivity index (χ3v) is 2.14. The molecular formula is C9H7ClN2O3. The summed E-state index contributed by atoms with van der Waals surface area (Å²) >= 11 is 5.59. The Morgan fingerprint density at radius 1 is 1.47 bits per heavy atom. The lowest BCUT2D eigenvalue weighted by molar-refractivity contribution is 0.487. The molecule has 0 fully saturated rings. The van der Waals surface area contributed by atoms with Gasteiger partial charge in [-0.25, -0.2) is 4.79 Å². The number of nitrogens with zero attached hydrogens (tertiary/aromatic N) is 1. The van der Waals surface area contributed by atoms with Crippen LogP contribution in [0.4, 0.5) is 0 Å². The smallest absolute Gasteiger partial charge is 0.328 e. The Kier molecular flexibility index (Phi) is 2.47. The lowest BCUT2D eigenvalue weighted by Gasteiger charge is -2.01. The van der Waals surface area contributed by atoms with Crippen LogP contribution in [0, 0.1) is 0 Å². The first-order valence-corrected chi connectivity index (χ1v) is 4.56. The molecule has 5 nitrogen and oxygen atoms in total. The number of rotatable bonds is 2. The van der Waals surface area contributed by atoms with Crippen molar-refractivity contribution in [3.63, 3.8) is 0 Å². The summed E-state index contributed by atoms with van der Waals surface area (Å²) < 4.78 is 6.33. The molecule has 0 bridgehead atoms. The molecule has 0 aliphatic heterocycles. The van der Waals surface area contributed by atoms with Gasteiger partial charge in [-0.05, 0) is 12.1 Å². The molecule has 0 amide bonds. The molecule has 0 aliphatic carbocycles. The van der Waals surface area contributed by atoms with Gasteiger partial charge in [0.25, 0.3) is 5.56 Å². The normalized spacial score (nSPS) is 10.5. The maximum atomic E-state index is 11.3. The molecule has 0 aromatic carbocycles. The summed E-state index contributed by atoms with van der Waals surface area (Å²) in [4.78, 5) is 24.4. The quantitative estimate of drug-likeness (QED) is 0.825. The van der Waals surface area contributed by atoms with E-state index in [4.69, 9.17) is 16.0 Å². The van der Waals surface area contributed by atoms with Crippen LogP contribution in [-0.4, -0.2) is 9.55 Å². The van der Waals surface area contributed by atoms with E-state index in [0.29, 0.717) is 5.76 Å². The summed E-state index contributed by atoms with van der Waals surface area (Å²) in [7, 11) is 0. The Morgan fingerprint density at radius 3 is 2.93 bits per heavy atom. The first-order chi connectivity index (χ1) is 7.16. The molecule has 0 aliphatic rings. The summed E-state index contributed by atoms with van der Waals surface area (Å²) in [5.74, 6) is 0.611. The van der Waals surface area contributed by atoms with Gasteiger partial charge in [-0.2, -0.15) is 0 Å². The van der Waals surface area contributed by atoms with Crippen molar-refractivity contribution in [2.75, 3.05) is 0 Å². The SMILES string of the molecule is O=c1[nH]c(=O)n(Cc2ccco2)cc1Cl. The molecular weight excluding hydrogens is 220 g/mol. The summed E-state index contributed by atoms with van der Waals surface area (Å²) in [6.45, 7) is 0.238. The van der Waals surface area contributed by atoms with E-state index in [2.05, 4.69) is 4.98 Å². The average molecular weight is 227 g/mol. The second kappa shape index (κ2) is 3.78. The van der Waals surface area contributed by atoms with Crippen molar-refractivity contribution in [2.45, 2.75) is 6.54 Å². The minimum atomic E-state index is -0.586. The number of furan rings is 1. The maximum Gasteiger partial charge on any atom is 0.328 e. The van der Waals surface area contributed by atoms with E-state index in [1.165, 1.54) is 17.0 Å². The Balaban J connectivity index is 2.42. The van der Waals surface area contributed by atoms with Crippen molar-refractivity contribution in [3.05, 3.63) is 56.2 Å². The maximum absolute atomic E-state index is 11.3. The summed E-state index contributed by atoms with van der Waals surface area (Å²) in [5, 5.41) is -0.0267. The molecule has 0 unspecified atom stereocenters. The molecule has 0 atom stereocenters. The standard InChI is InChI=1S/C9H7ClN2O3/c10-7-5-12(9(14)11-8(7)13)4-6-2-1-3-15-6/h1-3,5H,4H2,(H,11,13,14). The van der Waals surface area contributed by atoms with Gasteiger partial charge in [0.1, 0.15) is 10.8 Å². The molecule has 2 aromatic rings. The van der Waals surface area contributed by atoms with Gasteiger partial charge in [0.15, 0.2) is 0 Å². The van der Waals surface area contributed by atoms with E-state index in [9.17, 15) is 9.59 Å². The minimum absolute atomic E-state index is 0.0267. The molecule has 0 radical (unpaired) electrons. The summed E-state index contributed by atoms with van der Waals surface area (Å²) in [5.41, 5.74) is -1.10. The van der Waals surface area contributed by atoms with Gasteiger partial charge < -0.3 is 4.42 Å². The van der Waals surface area contributed by atoms with Gasteiger partial charge in [0, 0.05) is 6.20 Å². The van der Waals surface area contributed by atoms with Gasteiger partial charge in [0.05, 0.1) is 12.8 Å². The molecule has 0 saturated heterocycles. The van der Waals surface area contributed by atoms with E-state index in [-0.39, 0.29) is 11.6 Å². The Bertz CT molecular complexity index is 568. The number of aromatic nitrogens is 2. The van der Waals surface area contributed by atoms with E-state index in [1.807, 2.05) is 0 Å². The summed E-state index contributed by atoms with van der Waals surface area (Å²) in [6.07, 6.45) is 2.79. The van der Waals surface area contributed by atoms with Gasteiger partial charge in [-0.15, -0.1) is 0 Å². The molecule has 0 spiro atoms. The fraction of sp³-hybridized carbons (Fsp3) is 0.111. The van der Waals surface area contributed by atoms with Gasteiger partial charge >= 0.3 is 5.69 Å². The number of hydrogen-bond acceptors (Lipinski definition) is 3. The van der Waals surface area contributed by atoms with E-state index >= 15 is 0 Å². The van der Waals surface area contributed by atoms with Crippen LogP contribution in [0.1, 0.15) is 5.76 Å². The zero-order chi connectivity index (χ0) is 10.8. The lowest BCUT2D eigenvalue weighted by Crippen LogP contribution is -2.29. The third-order valence-electron chi connectivity index (χ3n) is 1.87. The fourth-order valence-corrected chi connectivity index (χ4v) is 1.34. The van der Waals surface area contributed by atoms with Gasteiger partial charge in [0.2, 0.25) is 0 Å². The van der Waals surface area contributed by atoms with Crippen LogP contribution in [0.2, 0.25) is 5.02 Å². The van der Waals surface area contributed by atoms with Crippen LogP contribution < -0.4 is 11.2 Å². The van der Waals surface area contributed by atoms with Crippen LogP contribution in [0.3, 0.4) is 0 Å². The minimum Gasteiger partial charge on any atom is -0.467 e. The highest BCUT2D eigenvalue weighted by Crippen LogP contribution is 2.03. The molecule has 1 N–H and O–H groups in total. The van der Waals surface area contributed by atoms with E-state index in [1.54, 1.807) is 12.1 Å². The monoisotopic (exact) mass is 226 g/mol. The van der Waals surface area contributed by atoms with Crippen LogP contribution in [0.15, 0.2) is 38.6 Å². The zero-order valence-corrected chi connectivity index (χ0v) is 8.32. The van der Waals surface area contributed by atoms with Crippen molar-refractivity contribution in [1.82, 2.24) is 9.55 Å². The second-order valence-corrected chi connectivity index (χ2v) is 3.35. The Labute approximate surface area is 88.9 Å². The highest BCUT2D eigenvalue weighted by Gasteiger charge is 2.04. The summed E-state index contributed by atoms with van der Waals surface area (Å²) in [6, 6.07) is 3.44. The third kappa shape index (κ3) is 2.02. The van der Waals surface area contributed by atoms with Crippen LogP contribution in [0.25, 0.3) is 0 Å². The van der Waals surface area contributed by atoms with E-state index in [0.717, 1.165) is 0 Å². The zero-order valence-electron chi connectivity index (χ0n) is 7.57. The first-order valence-electron chi connectivity index (χ1n) is 4.18. The molecule has 0 saturated carbocycles. The predicted molar refractivity (Wildman–Crippen MR) is 54.1 cm³/mol. The Morgan fingerprint density at radius 2 is 2.27 bits per heavy atom. The Hall–Kier alpha value is -1.75. The second-order valence-electron chi connectivity index (χ2n) is 2.94. The number of H-pyrrole nitrogens is 1. The number of halogens is 1. The van der Waals surface area contributed by atoms with Gasteiger partial charge in [-0.3, -0.25) is 14.3 Å². The number of aromatic amines is 1. The fourth-order valence-electron chi connectivity index (χ4n) is 1.17. The average Bonchev–Trinajstić information content (AvgIpc) is 2.67. The largest absolute Gasteiger partial charge is 0.467 e. The molecule has 2 aromatic heterocycles. The lowest BCUT2D eigenvalue weighted by atomic mass is 10.4. The number of hydrogen-bond donors (Lipinski definition) is 1. The van der Waals surface area contributed by atoms with Gasteiger partial charge in [-0.1, -0.05) is 11.6 Å². The number of nitrogens with one attached hydrogen (secondary N) is 1. The topological polar surface area (TPSA) is 68.0 Å². The highest BCUT2D eigenvalue weighted by atomic mass is 35.5. The van der Waals surface area contributed by atoms with Crippen LogP contribution in [0.5, 0.6) is 0 Å². The highest BCUT2D eigenvalue weighted by molar-refractivity contribution is 6.30. The van der Waals surface area contributed by atoms with Crippen molar-refractivity contribution >= 4 is 11.6 Å². The van der Waals surface area contributed by atoms with Crippen molar-refractivity contribution < 1.29 is 4.42 Å². The first kappa shape index (κ1) is 9.79. The van der Waals surface area contributed by atoms with Crippen molar-refractivity contribution in [2.24, 2.45) is 0 Å². The van der Waals surface area contributed by atoms with Crippen molar-refractivity contribution in [3.8, 4) is 0 Å². The predicted octanol–water partition coefficient (Wildman–Crippen LogP) is 0.831. The van der Waals surface area contributed by atoms with Crippen LogP contribution in [-0.2, 0) is 6.54 Å². The van der Waals surface area contributed by atoms with Crippen molar-refractivity contribution in [1.29, 1.82) is 0 Å². The molecule has 2 rings (SSSR count). The molecule has 78 valence electrons. The van der Waals surface area contributed by atoms with E-state index < -0.39 is 11.2 Å². The molecule has 2 heterocycles. The van der Waals surface area contributed by atoms with Crippen LogP contribution >= 0.6 is 11.6 Å². The molecule has 15 heavy (non-hydrogen) atoms.